The lowest BCUT2D eigenvalue weighted by Gasteiger charge is -2.40. The Morgan fingerprint density at radius 3 is 2.79 bits per heavy atom. The number of benzene rings is 1. The SMILES string of the molecule is CCN1CC(C)(C)Oc2ccc(CCCCN)cc21. The van der Waals surface area contributed by atoms with Gasteiger partial charge in [-0.25, -0.2) is 0 Å². The molecule has 3 heteroatoms. The van der Waals surface area contributed by atoms with Gasteiger partial charge in [-0.2, -0.15) is 0 Å². The molecule has 19 heavy (non-hydrogen) atoms. The quantitative estimate of drug-likeness (QED) is 0.829. The molecule has 0 aliphatic carbocycles. The van der Waals surface area contributed by atoms with Crippen LogP contribution in [-0.4, -0.2) is 25.2 Å². The summed E-state index contributed by atoms with van der Waals surface area (Å²) in [6.07, 6.45) is 3.36. The van der Waals surface area contributed by atoms with Gasteiger partial charge in [-0.3, -0.25) is 0 Å². The average Bonchev–Trinajstić information content (AvgIpc) is 2.37. The zero-order valence-corrected chi connectivity index (χ0v) is 12.4. The Labute approximate surface area is 116 Å². The van der Waals surface area contributed by atoms with Crippen molar-refractivity contribution in [3.8, 4) is 5.75 Å². The zero-order chi connectivity index (χ0) is 13.9. The summed E-state index contributed by atoms with van der Waals surface area (Å²) in [7, 11) is 0. The van der Waals surface area contributed by atoms with Crippen LogP contribution in [0.5, 0.6) is 5.75 Å². The highest BCUT2D eigenvalue weighted by atomic mass is 16.5. The molecule has 0 bridgehead atoms. The lowest BCUT2D eigenvalue weighted by molar-refractivity contribution is 0.105. The maximum atomic E-state index is 6.07. The minimum Gasteiger partial charge on any atom is -0.484 e. The number of hydrogen-bond donors (Lipinski definition) is 1. The lowest BCUT2D eigenvalue weighted by Crippen LogP contribution is -2.46. The largest absolute Gasteiger partial charge is 0.484 e. The van der Waals surface area contributed by atoms with Crippen LogP contribution in [0, 0.1) is 0 Å². The van der Waals surface area contributed by atoms with Gasteiger partial charge >= 0.3 is 0 Å². The molecule has 0 atom stereocenters. The lowest BCUT2D eigenvalue weighted by atomic mass is 10.0. The molecule has 0 saturated carbocycles. The molecule has 0 saturated heterocycles. The molecule has 1 aromatic rings. The van der Waals surface area contributed by atoms with Crippen molar-refractivity contribution in [1.29, 1.82) is 0 Å². The standard InChI is InChI=1S/C16H26N2O/c1-4-18-12-16(2,3)19-15-9-8-13(11-14(15)18)7-5-6-10-17/h8-9,11H,4-7,10,12,17H2,1-3H3. The van der Waals surface area contributed by atoms with E-state index in [1.54, 1.807) is 0 Å². The molecule has 1 aromatic carbocycles. The van der Waals surface area contributed by atoms with Gasteiger partial charge in [-0.15, -0.1) is 0 Å². The molecule has 0 fully saturated rings. The van der Waals surface area contributed by atoms with E-state index in [1.807, 2.05) is 0 Å². The minimum absolute atomic E-state index is 0.107. The van der Waals surface area contributed by atoms with Gasteiger partial charge in [0, 0.05) is 6.54 Å². The fourth-order valence-electron chi connectivity index (χ4n) is 2.68. The number of nitrogens with zero attached hydrogens (tertiary/aromatic N) is 1. The third-order valence-electron chi connectivity index (χ3n) is 3.62. The average molecular weight is 262 g/mol. The first-order chi connectivity index (χ1) is 9.05. The Morgan fingerprint density at radius 1 is 1.32 bits per heavy atom. The molecule has 1 aliphatic rings. The number of anilines is 1. The predicted molar refractivity (Wildman–Crippen MR) is 81.0 cm³/mol. The predicted octanol–water partition coefficient (Wildman–Crippen LogP) is 2.97. The minimum atomic E-state index is -0.107. The molecular formula is C16H26N2O. The van der Waals surface area contributed by atoms with Crippen molar-refractivity contribution in [2.24, 2.45) is 5.73 Å². The van der Waals surface area contributed by atoms with Crippen molar-refractivity contribution in [2.75, 3.05) is 24.5 Å². The molecule has 2 rings (SSSR count). The van der Waals surface area contributed by atoms with Crippen LogP contribution in [0.15, 0.2) is 18.2 Å². The fourth-order valence-corrected chi connectivity index (χ4v) is 2.68. The Kier molecular flexibility index (Phi) is 4.35. The second-order valence-electron chi connectivity index (χ2n) is 5.92. The van der Waals surface area contributed by atoms with Gasteiger partial charge in [0.15, 0.2) is 0 Å². The molecule has 0 aromatic heterocycles. The van der Waals surface area contributed by atoms with Crippen molar-refractivity contribution >= 4 is 5.69 Å². The Hall–Kier alpha value is -1.22. The molecule has 106 valence electrons. The molecule has 1 aliphatic heterocycles. The van der Waals surface area contributed by atoms with Crippen molar-refractivity contribution < 1.29 is 4.74 Å². The van der Waals surface area contributed by atoms with Gasteiger partial charge in [0.2, 0.25) is 0 Å². The van der Waals surface area contributed by atoms with E-state index in [2.05, 4.69) is 43.9 Å². The summed E-state index contributed by atoms with van der Waals surface area (Å²) in [6.45, 7) is 9.24. The van der Waals surface area contributed by atoms with E-state index < -0.39 is 0 Å². The van der Waals surface area contributed by atoms with Gasteiger partial charge in [0.25, 0.3) is 0 Å². The third-order valence-corrected chi connectivity index (χ3v) is 3.62. The summed E-state index contributed by atoms with van der Waals surface area (Å²) in [5, 5.41) is 0. The van der Waals surface area contributed by atoms with Gasteiger partial charge in [-0.1, -0.05) is 6.07 Å². The van der Waals surface area contributed by atoms with Crippen LogP contribution in [-0.2, 0) is 6.42 Å². The van der Waals surface area contributed by atoms with Gasteiger partial charge in [-0.05, 0) is 64.3 Å². The molecule has 2 N–H and O–H groups in total. The first-order valence-corrected chi connectivity index (χ1v) is 7.32. The smallest absolute Gasteiger partial charge is 0.143 e. The summed E-state index contributed by atoms with van der Waals surface area (Å²) in [4.78, 5) is 2.41. The number of nitrogens with two attached hydrogens (primary N) is 1. The van der Waals surface area contributed by atoms with E-state index in [1.165, 1.54) is 11.3 Å². The van der Waals surface area contributed by atoms with Crippen molar-refractivity contribution in [3.05, 3.63) is 23.8 Å². The van der Waals surface area contributed by atoms with Gasteiger partial charge in [0.05, 0.1) is 12.2 Å². The monoisotopic (exact) mass is 262 g/mol. The molecule has 3 nitrogen and oxygen atoms in total. The number of rotatable bonds is 5. The van der Waals surface area contributed by atoms with Crippen molar-refractivity contribution in [2.45, 2.75) is 45.6 Å². The molecule has 0 radical (unpaired) electrons. The summed E-state index contributed by atoms with van der Waals surface area (Å²) in [6, 6.07) is 6.59. The second kappa shape index (κ2) is 5.83. The number of unbranched alkanes of at least 4 members (excludes halogenated alkanes) is 1. The van der Waals surface area contributed by atoms with E-state index >= 15 is 0 Å². The summed E-state index contributed by atoms with van der Waals surface area (Å²) < 4.78 is 6.07. The Balaban J connectivity index is 2.18. The highest BCUT2D eigenvalue weighted by molar-refractivity contribution is 5.62. The van der Waals surface area contributed by atoms with Crippen LogP contribution in [0.4, 0.5) is 5.69 Å². The zero-order valence-electron chi connectivity index (χ0n) is 12.4. The molecule has 0 spiro atoms. The first-order valence-electron chi connectivity index (χ1n) is 7.32. The Bertz CT molecular complexity index is 429. The number of ether oxygens (including phenoxy) is 1. The van der Waals surface area contributed by atoms with Crippen LogP contribution in [0.3, 0.4) is 0 Å². The number of fused-ring (bicyclic) bond motifs is 1. The van der Waals surface area contributed by atoms with Crippen LogP contribution in [0.2, 0.25) is 0 Å². The summed E-state index contributed by atoms with van der Waals surface area (Å²) in [5.41, 5.74) is 8.07. The van der Waals surface area contributed by atoms with Gasteiger partial charge < -0.3 is 15.4 Å². The van der Waals surface area contributed by atoms with Crippen molar-refractivity contribution in [1.82, 2.24) is 0 Å². The highest BCUT2D eigenvalue weighted by Crippen LogP contribution is 2.37. The number of hydrogen-bond acceptors (Lipinski definition) is 3. The molecule has 0 amide bonds. The van der Waals surface area contributed by atoms with Gasteiger partial charge in [0.1, 0.15) is 11.4 Å². The molecule has 1 heterocycles. The normalized spacial score (nSPS) is 16.9. The number of aryl methyl sites for hydroxylation is 1. The Morgan fingerprint density at radius 2 is 2.11 bits per heavy atom. The van der Waals surface area contributed by atoms with Crippen LogP contribution < -0.4 is 15.4 Å². The number of likely N-dealkylation sites (N-methyl/N-ethyl adjacent to an activating group) is 1. The van der Waals surface area contributed by atoms with Crippen molar-refractivity contribution in [3.63, 3.8) is 0 Å². The van der Waals surface area contributed by atoms with E-state index in [0.717, 1.165) is 44.6 Å². The topological polar surface area (TPSA) is 38.5 Å². The highest BCUT2D eigenvalue weighted by Gasteiger charge is 2.30. The fraction of sp³-hybridized carbons (Fsp3) is 0.625. The van der Waals surface area contributed by atoms with Crippen LogP contribution in [0.25, 0.3) is 0 Å². The van der Waals surface area contributed by atoms with E-state index in [4.69, 9.17) is 10.5 Å². The van der Waals surface area contributed by atoms with E-state index in [-0.39, 0.29) is 5.60 Å². The summed E-state index contributed by atoms with van der Waals surface area (Å²) in [5.74, 6) is 1.01. The van der Waals surface area contributed by atoms with Crippen LogP contribution >= 0.6 is 0 Å². The third kappa shape index (κ3) is 3.41. The van der Waals surface area contributed by atoms with E-state index in [9.17, 15) is 0 Å². The van der Waals surface area contributed by atoms with E-state index in [0.29, 0.717) is 0 Å². The maximum Gasteiger partial charge on any atom is 0.143 e. The second-order valence-corrected chi connectivity index (χ2v) is 5.92. The van der Waals surface area contributed by atoms with Crippen LogP contribution in [0.1, 0.15) is 39.2 Å². The maximum absolute atomic E-state index is 6.07. The first kappa shape index (κ1) is 14.2. The summed E-state index contributed by atoms with van der Waals surface area (Å²) >= 11 is 0. The molecular weight excluding hydrogens is 236 g/mol. The molecule has 0 unspecified atom stereocenters.